The highest BCUT2D eigenvalue weighted by atomic mass is 16.5. The van der Waals surface area contributed by atoms with Gasteiger partial charge in [-0.25, -0.2) is 9.59 Å². The van der Waals surface area contributed by atoms with E-state index in [2.05, 4.69) is 18.8 Å². The van der Waals surface area contributed by atoms with Crippen LogP contribution in [0.1, 0.15) is 52.4 Å². The Morgan fingerprint density at radius 2 is 1.72 bits per heavy atom. The molecule has 1 aliphatic rings. The second-order valence-electron chi connectivity index (χ2n) is 6.94. The number of likely N-dealkylation sites (tertiary alicyclic amines) is 1. The average molecular weight is 350 g/mol. The summed E-state index contributed by atoms with van der Waals surface area (Å²) in [6.45, 7) is 8.62. The van der Waals surface area contributed by atoms with Gasteiger partial charge in [-0.3, -0.25) is 4.79 Å². The number of hydrogen-bond acceptors (Lipinski definition) is 5. The van der Waals surface area contributed by atoms with Gasteiger partial charge in [0.2, 0.25) is 0 Å². The number of esters is 2. The third-order valence-electron chi connectivity index (χ3n) is 4.58. The maximum absolute atomic E-state index is 12.3. The number of aromatic nitrogens is 1. The van der Waals surface area contributed by atoms with Crippen molar-refractivity contribution in [2.75, 3.05) is 26.8 Å². The van der Waals surface area contributed by atoms with Crippen LogP contribution in [0.5, 0.6) is 0 Å². The molecule has 0 saturated carbocycles. The number of aromatic amines is 1. The van der Waals surface area contributed by atoms with Crippen molar-refractivity contribution in [3.05, 3.63) is 22.5 Å². The summed E-state index contributed by atoms with van der Waals surface area (Å²) in [6, 6.07) is 0. The van der Waals surface area contributed by atoms with Gasteiger partial charge < -0.3 is 19.4 Å². The average Bonchev–Trinajstić information content (AvgIpc) is 2.85. The van der Waals surface area contributed by atoms with Crippen LogP contribution in [0.3, 0.4) is 0 Å². The number of methoxy groups -OCH3 is 1. The monoisotopic (exact) mass is 350 g/mol. The number of hydrogen-bond donors (Lipinski definition) is 1. The lowest BCUT2D eigenvalue weighted by Gasteiger charge is -2.34. The number of nitrogens with one attached hydrogen (secondary N) is 1. The molecule has 2 heterocycles. The molecule has 138 valence electrons. The number of nitrogens with zero attached hydrogens (tertiary/aromatic N) is 1. The Balaban J connectivity index is 2.01. The number of carbonyl (C=O) groups is 3. The molecular weight excluding hydrogens is 324 g/mol. The number of rotatable bonds is 4. The minimum atomic E-state index is -0.651. The Morgan fingerprint density at radius 1 is 1.12 bits per heavy atom. The Kier molecular flexibility index (Phi) is 5.87. The standard InChI is InChI=1S/C18H26N2O5/c1-10-6-11(2)8-20(7-10)14(21)9-25-18(23)16-12(3)15(13(4)19-16)17(22)24-5/h10-11,19H,6-9H2,1-5H3. The van der Waals surface area contributed by atoms with Crippen molar-refractivity contribution < 1.29 is 23.9 Å². The first-order chi connectivity index (χ1) is 11.7. The Hall–Kier alpha value is -2.31. The number of amides is 1. The molecule has 1 N–H and O–H groups in total. The maximum atomic E-state index is 12.3. The SMILES string of the molecule is COC(=O)c1c(C)[nH]c(C(=O)OCC(=O)N2CC(C)CC(C)C2)c1C. The maximum Gasteiger partial charge on any atom is 0.355 e. The fourth-order valence-corrected chi connectivity index (χ4v) is 3.52. The molecule has 7 nitrogen and oxygen atoms in total. The summed E-state index contributed by atoms with van der Waals surface area (Å²) in [5, 5.41) is 0. The summed E-state index contributed by atoms with van der Waals surface area (Å²) >= 11 is 0. The molecule has 0 aliphatic carbocycles. The van der Waals surface area contributed by atoms with Crippen LogP contribution >= 0.6 is 0 Å². The molecule has 0 radical (unpaired) electrons. The number of carbonyl (C=O) groups excluding carboxylic acids is 3. The first-order valence-corrected chi connectivity index (χ1v) is 8.46. The minimum absolute atomic E-state index is 0.172. The zero-order chi connectivity index (χ0) is 18.7. The molecule has 1 fully saturated rings. The predicted molar refractivity (Wildman–Crippen MR) is 91.4 cm³/mol. The summed E-state index contributed by atoms with van der Waals surface area (Å²) in [7, 11) is 1.28. The highest BCUT2D eigenvalue weighted by Gasteiger charge is 2.27. The van der Waals surface area contributed by atoms with E-state index >= 15 is 0 Å². The van der Waals surface area contributed by atoms with Crippen molar-refractivity contribution in [2.24, 2.45) is 11.8 Å². The molecule has 1 aromatic heterocycles. The molecule has 1 amide bonds. The second kappa shape index (κ2) is 7.72. The first kappa shape index (κ1) is 19.0. The molecule has 25 heavy (non-hydrogen) atoms. The molecule has 2 unspecified atom stereocenters. The van der Waals surface area contributed by atoms with E-state index in [4.69, 9.17) is 9.47 Å². The van der Waals surface area contributed by atoms with Crippen LogP contribution in [0.15, 0.2) is 0 Å². The molecule has 2 atom stereocenters. The van der Waals surface area contributed by atoms with Crippen LogP contribution in [0, 0.1) is 25.7 Å². The van der Waals surface area contributed by atoms with Crippen molar-refractivity contribution >= 4 is 17.8 Å². The number of H-pyrrole nitrogens is 1. The Morgan fingerprint density at radius 3 is 2.28 bits per heavy atom. The molecule has 0 bridgehead atoms. The van der Waals surface area contributed by atoms with Gasteiger partial charge in [0, 0.05) is 18.8 Å². The fraction of sp³-hybridized carbons (Fsp3) is 0.611. The lowest BCUT2D eigenvalue weighted by atomic mass is 9.92. The fourth-order valence-electron chi connectivity index (χ4n) is 3.52. The van der Waals surface area contributed by atoms with Gasteiger partial charge in [-0.15, -0.1) is 0 Å². The van der Waals surface area contributed by atoms with Crippen LogP contribution in [0.25, 0.3) is 0 Å². The first-order valence-electron chi connectivity index (χ1n) is 8.46. The number of aryl methyl sites for hydroxylation is 1. The van der Waals surface area contributed by atoms with Gasteiger partial charge >= 0.3 is 11.9 Å². The summed E-state index contributed by atoms with van der Waals surface area (Å²) in [5.41, 5.74) is 1.48. The third kappa shape index (κ3) is 4.21. The molecule has 1 aromatic rings. The van der Waals surface area contributed by atoms with Crippen LogP contribution in [0.4, 0.5) is 0 Å². The zero-order valence-electron chi connectivity index (χ0n) is 15.5. The predicted octanol–water partition coefficient (Wildman–Crippen LogP) is 2.08. The van der Waals surface area contributed by atoms with Crippen molar-refractivity contribution in [2.45, 2.75) is 34.1 Å². The van der Waals surface area contributed by atoms with E-state index < -0.39 is 11.9 Å². The molecule has 1 saturated heterocycles. The van der Waals surface area contributed by atoms with Crippen molar-refractivity contribution in [3.8, 4) is 0 Å². The Labute approximate surface area is 147 Å². The Bertz CT molecular complexity index is 669. The van der Waals surface area contributed by atoms with E-state index in [9.17, 15) is 14.4 Å². The molecular formula is C18H26N2O5. The number of piperidine rings is 1. The number of ether oxygens (including phenoxy) is 2. The van der Waals surface area contributed by atoms with E-state index in [0.29, 0.717) is 41.7 Å². The van der Waals surface area contributed by atoms with Gasteiger partial charge in [-0.1, -0.05) is 13.8 Å². The third-order valence-corrected chi connectivity index (χ3v) is 4.58. The van der Waals surface area contributed by atoms with E-state index in [0.717, 1.165) is 6.42 Å². The molecule has 1 aliphatic heterocycles. The van der Waals surface area contributed by atoms with Gasteiger partial charge in [0.25, 0.3) is 5.91 Å². The zero-order valence-corrected chi connectivity index (χ0v) is 15.5. The lowest BCUT2D eigenvalue weighted by molar-refractivity contribution is -0.137. The van der Waals surface area contributed by atoms with Crippen LogP contribution in [-0.4, -0.2) is 54.5 Å². The van der Waals surface area contributed by atoms with Crippen molar-refractivity contribution in [3.63, 3.8) is 0 Å². The van der Waals surface area contributed by atoms with Crippen molar-refractivity contribution in [1.29, 1.82) is 0 Å². The quantitative estimate of drug-likeness (QED) is 0.840. The summed E-state index contributed by atoms with van der Waals surface area (Å²) in [6.07, 6.45) is 1.10. The van der Waals surface area contributed by atoms with Crippen LogP contribution in [-0.2, 0) is 14.3 Å². The van der Waals surface area contributed by atoms with E-state index in [1.54, 1.807) is 18.7 Å². The van der Waals surface area contributed by atoms with Gasteiger partial charge in [-0.05, 0) is 37.7 Å². The van der Waals surface area contributed by atoms with Gasteiger partial charge in [-0.2, -0.15) is 0 Å². The summed E-state index contributed by atoms with van der Waals surface area (Å²) < 4.78 is 9.88. The molecule has 7 heteroatoms. The molecule has 2 rings (SSSR count). The topological polar surface area (TPSA) is 88.7 Å². The smallest absolute Gasteiger partial charge is 0.355 e. The van der Waals surface area contributed by atoms with E-state index in [1.807, 2.05) is 0 Å². The minimum Gasteiger partial charge on any atom is -0.465 e. The van der Waals surface area contributed by atoms with Crippen molar-refractivity contribution in [1.82, 2.24) is 9.88 Å². The van der Waals surface area contributed by atoms with Gasteiger partial charge in [0.05, 0.1) is 12.7 Å². The second-order valence-corrected chi connectivity index (χ2v) is 6.94. The van der Waals surface area contributed by atoms with Gasteiger partial charge in [0.15, 0.2) is 6.61 Å². The highest BCUT2D eigenvalue weighted by molar-refractivity contribution is 5.99. The lowest BCUT2D eigenvalue weighted by Crippen LogP contribution is -2.44. The van der Waals surface area contributed by atoms with E-state index in [1.165, 1.54) is 7.11 Å². The molecule has 0 aromatic carbocycles. The largest absolute Gasteiger partial charge is 0.465 e. The normalized spacial score (nSPS) is 20.3. The summed E-state index contributed by atoms with van der Waals surface area (Å²) in [5.74, 6) is -0.473. The van der Waals surface area contributed by atoms with Crippen LogP contribution < -0.4 is 0 Å². The van der Waals surface area contributed by atoms with E-state index in [-0.39, 0.29) is 18.2 Å². The molecule has 0 spiro atoms. The summed E-state index contributed by atoms with van der Waals surface area (Å²) in [4.78, 5) is 40.9. The van der Waals surface area contributed by atoms with Crippen LogP contribution in [0.2, 0.25) is 0 Å². The van der Waals surface area contributed by atoms with Gasteiger partial charge in [0.1, 0.15) is 5.69 Å². The highest BCUT2D eigenvalue weighted by Crippen LogP contribution is 2.22.